The minimum absolute atomic E-state index is 0.0318. The van der Waals surface area contributed by atoms with Gasteiger partial charge in [-0.2, -0.15) is 0 Å². The standard InChI is InChI=1S/C20H20ClN3O3S/c1-12-18(23-20(28-12)17-4-3-9-27-17)19(25)22-14-7-8-24(11-14)15-10-13(21)5-6-16(15)26-2/h3-6,9-10,14H,7-8,11H2,1-2H3,(H,22,25)/t14-/m0/s1. The number of carbonyl (C=O) groups excluding carboxylic acids is 1. The average Bonchev–Trinajstić information content (AvgIpc) is 3.42. The highest BCUT2D eigenvalue weighted by Gasteiger charge is 2.28. The Labute approximate surface area is 172 Å². The van der Waals surface area contributed by atoms with Crippen molar-refractivity contribution in [2.75, 3.05) is 25.1 Å². The first-order valence-electron chi connectivity index (χ1n) is 8.96. The molecule has 146 valence electrons. The number of carbonyl (C=O) groups is 1. The number of methoxy groups -OCH3 is 1. The van der Waals surface area contributed by atoms with Crippen LogP contribution in [0, 0.1) is 6.92 Å². The van der Waals surface area contributed by atoms with Gasteiger partial charge in [-0.15, -0.1) is 11.3 Å². The molecule has 2 aromatic heterocycles. The molecule has 1 fully saturated rings. The molecule has 8 heteroatoms. The second-order valence-electron chi connectivity index (χ2n) is 6.62. The Morgan fingerprint density at radius 3 is 3.04 bits per heavy atom. The number of thiazole rings is 1. The minimum atomic E-state index is -0.156. The zero-order valence-electron chi connectivity index (χ0n) is 15.6. The summed E-state index contributed by atoms with van der Waals surface area (Å²) < 4.78 is 10.8. The van der Waals surface area contributed by atoms with E-state index in [0.717, 1.165) is 29.3 Å². The molecule has 0 aliphatic carbocycles. The molecule has 3 heterocycles. The van der Waals surface area contributed by atoms with Gasteiger partial charge >= 0.3 is 0 Å². The van der Waals surface area contributed by atoms with E-state index in [2.05, 4.69) is 15.2 Å². The molecule has 3 aromatic rings. The van der Waals surface area contributed by atoms with Gasteiger partial charge in [-0.05, 0) is 43.7 Å². The van der Waals surface area contributed by atoms with Crippen LogP contribution in [-0.2, 0) is 0 Å². The lowest BCUT2D eigenvalue weighted by Gasteiger charge is -2.21. The first-order chi connectivity index (χ1) is 13.5. The quantitative estimate of drug-likeness (QED) is 0.667. The van der Waals surface area contributed by atoms with Crippen LogP contribution in [0.1, 0.15) is 21.8 Å². The molecule has 1 amide bonds. The van der Waals surface area contributed by atoms with Crippen molar-refractivity contribution in [2.45, 2.75) is 19.4 Å². The molecule has 0 bridgehead atoms. The zero-order chi connectivity index (χ0) is 19.7. The Morgan fingerprint density at radius 2 is 2.29 bits per heavy atom. The first kappa shape index (κ1) is 18.8. The number of benzene rings is 1. The van der Waals surface area contributed by atoms with Crippen LogP contribution in [0.5, 0.6) is 5.75 Å². The third kappa shape index (κ3) is 3.72. The van der Waals surface area contributed by atoms with E-state index in [4.69, 9.17) is 20.8 Å². The summed E-state index contributed by atoms with van der Waals surface area (Å²) in [6.45, 7) is 3.41. The topological polar surface area (TPSA) is 67.6 Å². The smallest absolute Gasteiger partial charge is 0.271 e. The number of rotatable bonds is 5. The van der Waals surface area contributed by atoms with Crippen LogP contribution >= 0.6 is 22.9 Å². The largest absolute Gasteiger partial charge is 0.495 e. The molecule has 0 saturated carbocycles. The van der Waals surface area contributed by atoms with Crippen molar-refractivity contribution in [3.05, 3.63) is 52.2 Å². The maximum atomic E-state index is 12.8. The summed E-state index contributed by atoms with van der Waals surface area (Å²) in [5.41, 5.74) is 1.40. The van der Waals surface area contributed by atoms with Gasteiger partial charge < -0.3 is 19.4 Å². The third-order valence-electron chi connectivity index (χ3n) is 4.75. The van der Waals surface area contributed by atoms with E-state index < -0.39 is 0 Å². The van der Waals surface area contributed by atoms with Crippen LogP contribution < -0.4 is 15.0 Å². The van der Waals surface area contributed by atoms with Crippen molar-refractivity contribution >= 4 is 34.5 Å². The summed E-state index contributed by atoms with van der Waals surface area (Å²) >= 11 is 7.60. The fourth-order valence-electron chi connectivity index (χ4n) is 3.37. The number of nitrogens with one attached hydrogen (secondary N) is 1. The van der Waals surface area contributed by atoms with E-state index in [0.29, 0.717) is 28.0 Å². The van der Waals surface area contributed by atoms with Crippen molar-refractivity contribution < 1.29 is 13.9 Å². The Kier molecular flexibility index (Phi) is 5.28. The number of hydrogen-bond acceptors (Lipinski definition) is 6. The van der Waals surface area contributed by atoms with Gasteiger partial charge in [0.2, 0.25) is 0 Å². The summed E-state index contributed by atoms with van der Waals surface area (Å²) in [4.78, 5) is 20.3. The van der Waals surface area contributed by atoms with Gasteiger partial charge in [-0.1, -0.05) is 11.6 Å². The predicted octanol–water partition coefficient (Wildman–Crippen LogP) is 4.38. The van der Waals surface area contributed by atoms with Crippen LogP contribution in [0.2, 0.25) is 5.02 Å². The number of ether oxygens (including phenoxy) is 1. The Hall–Kier alpha value is -2.51. The van der Waals surface area contributed by atoms with Crippen LogP contribution in [0.4, 0.5) is 5.69 Å². The predicted molar refractivity (Wildman–Crippen MR) is 111 cm³/mol. The molecule has 1 aliphatic rings. The molecule has 28 heavy (non-hydrogen) atoms. The van der Waals surface area contributed by atoms with E-state index in [-0.39, 0.29) is 11.9 Å². The average molecular weight is 418 g/mol. The molecular weight excluding hydrogens is 398 g/mol. The number of anilines is 1. The van der Waals surface area contributed by atoms with Crippen molar-refractivity contribution in [3.8, 4) is 16.5 Å². The minimum Gasteiger partial charge on any atom is -0.495 e. The number of aromatic nitrogens is 1. The maximum Gasteiger partial charge on any atom is 0.271 e. The van der Waals surface area contributed by atoms with Gasteiger partial charge in [0, 0.05) is 29.0 Å². The molecule has 1 aromatic carbocycles. The van der Waals surface area contributed by atoms with Gasteiger partial charge in [0.05, 0.1) is 19.1 Å². The summed E-state index contributed by atoms with van der Waals surface area (Å²) in [5, 5.41) is 4.48. The monoisotopic (exact) mass is 417 g/mol. The summed E-state index contributed by atoms with van der Waals surface area (Å²) in [7, 11) is 1.64. The highest BCUT2D eigenvalue weighted by molar-refractivity contribution is 7.15. The molecule has 1 saturated heterocycles. The third-order valence-corrected chi connectivity index (χ3v) is 5.97. The van der Waals surface area contributed by atoms with Crippen LogP contribution in [0.15, 0.2) is 41.0 Å². The Morgan fingerprint density at radius 1 is 1.43 bits per heavy atom. The summed E-state index contributed by atoms with van der Waals surface area (Å²) in [5.74, 6) is 1.29. The lowest BCUT2D eigenvalue weighted by molar-refractivity contribution is 0.0935. The second kappa shape index (κ2) is 7.85. The highest BCUT2D eigenvalue weighted by Crippen LogP contribution is 2.33. The molecule has 1 N–H and O–H groups in total. The molecule has 0 radical (unpaired) electrons. The van der Waals surface area contributed by atoms with Crippen molar-refractivity contribution in [1.29, 1.82) is 0 Å². The van der Waals surface area contributed by atoms with Crippen LogP contribution in [0.3, 0.4) is 0 Å². The van der Waals surface area contributed by atoms with Gasteiger partial charge in [-0.25, -0.2) is 4.98 Å². The van der Waals surface area contributed by atoms with E-state index in [1.54, 1.807) is 19.4 Å². The molecule has 6 nitrogen and oxygen atoms in total. The van der Waals surface area contributed by atoms with Crippen molar-refractivity contribution in [3.63, 3.8) is 0 Å². The lowest BCUT2D eigenvalue weighted by atomic mass is 10.2. The Balaban J connectivity index is 1.45. The van der Waals surface area contributed by atoms with E-state index in [9.17, 15) is 4.79 Å². The zero-order valence-corrected chi connectivity index (χ0v) is 17.1. The normalized spacial score (nSPS) is 16.4. The molecular formula is C20H20ClN3O3S. The summed E-state index contributed by atoms with van der Waals surface area (Å²) in [6.07, 6.45) is 2.44. The summed E-state index contributed by atoms with van der Waals surface area (Å²) in [6, 6.07) is 9.24. The molecule has 1 aliphatic heterocycles. The number of amides is 1. The lowest BCUT2D eigenvalue weighted by Crippen LogP contribution is -2.37. The number of halogens is 1. The van der Waals surface area contributed by atoms with Gasteiger partial charge in [0.1, 0.15) is 11.4 Å². The van der Waals surface area contributed by atoms with Gasteiger partial charge in [0.15, 0.2) is 10.8 Å². The SMILES string of the molecule is COc1ccc(Cl)cc1N1CC[C@H](NC(=O)c2nc(-c3ccco3)sc2C)C1. The number of aryl methyl sites for hydroxylation is 1. The molecule has 0 spiro atoms. The van der Waals surface area contributed by atoms with Crippen LogP contribution in [0.25, 0.3) is 10.8 Å². The van der Waals surface area contributed by atoms with Gasteiger partial charge in [0.25, 0.3) is 5.91 Å². The molecule has 0 unspecified atom stereocenters. The van der Waals surface area contributed by atoms with E-state index in [1.165, 1.54) is 11.3 Å². The fraction of sp³-hybridized carbons (Fsp3) is 0.300. The number of hydrogen-bond donors (Lipinski definition) is 1. The van der Waals surface area contributed by atoms with Crippen molar-refractivity contribution in [1.82, 2.24) is 10.3 Å². The number of nitrogens with zero attached hydrogens (tertiary/aromatic N) is 2. The van der Waals surface area contributed by atoms with E-state index in [1.807, 2.05) is 31.2 Å². The molecule has 1 atom stereocenters. The molecule has 4 rings (SSSR count). The van der Waals surface area contributed by atoms with Crippen molar-refractivity contribution in [2.24, 2.45) is 0 Å². The van der Waals surface area contributed by atoms with E-state index >= 15 is 0 Å². The van der Waals surface area contributed by atoms with Crippen LogP contribution in [-0.4, -0.2) is 37.1 Å². The van der Waals surface area contributed by atoms with Gasteiger partial charge in [-0.3, -0.25) is 4.79 Å². The first-order valence-corrected chi connectivity index (χ1v) is 10.1. The highest BCUT2D eigenvalue weighted by atomic mass is 35.5. The fourth-order valence-corrected chi connectivity index (χ4v) is 4.42. The second-order valence-corrected chi connectivity index (χ2v) is 8.26. The Bertz CT molecular complexity index is 987. The maximum absolute atomic E-state index is 12.8. The number of furan rings is 1.